The predicted molar refractivity (Wildman–Crippen MR) is 66.4 cm³/mol. The van der Waals surface area contributed by atoms with Crippen molar-refractivity contribution in [2.75, 3.05) is 13.7 Å². The van der Waals surface area contributed by atoms with Gasteiger partial charge in [-0.3, -0.25) is 4.68 Å². The van der Waals surface area contributed by atoms with Crippen LogP contribution in [0, 0.1) is 0 Å². The molecule has 0 amide bonds. The van der Waals surface area contributed by atoms with Crippen molar-refractivity contribution in [2.24, 2.45) is 0 Å². The minimum atomic E-state index is 0.393. The molecular formula is C11H18BrN3O. The van der Waals surface area contributed by atoms with E-state index in [2.05, 4.69) is 26.3 Å². The molecule has 2 rings (SSSR count). The van der Waals surface area contributed by atoms with Crippen LogP contribution in [0.1, 0.15) is 19.3 Å². The molecule has 0 spiro atoms. The first kappa shape index (κ1) is 12.1. The van der Waals surface area contributed by atoms with Crippen LogP contribution in [0.15, 0.2) is 16.9 Å². The summed E-state index contributed by atoms with van der Waals surface area (Å²) < 4.78 is 8.41. The Morgan fingerprint density at radius 3 is 3.19 bits per heavy atom. The number of nitrogens with one attached hydrogen (secondary N) is 1. The van der Waals surface area contributed by atoms with Gasteiger partial charge in [-0.05, 0) is 35.2 Å². The highest BCUT2D eigenvalue weighted by Crippen LogP contribution is 2.21. The summed E-state index contributed by atoms with van der Waals surface area (Å²) in [5.74, 6) is 0. The van der Waals surface area contributed by atoms with E-state index in [0.717, 1.165) is 17.6 Å². The van der Waals surface area contributed by atoms with E-state index in [-0.39, 0.29) is 0 Å². The molecule has 90 valence electrons. The fourth-order valence-corrected chi connectivity index (χ4v) is 2.59. The van der Waals surface area contributed by atoms with Crippen molar-refractivity contribution in [1.29, 1.82) is 0 Å². The van der Waals surface area contributed by atoms with Gasteiger partial charge in [-0.25, -0.2) is 0 Å². The Morgan fingerprint density at radius 2 is 2.50 bits per heavy atom. The second-order valence-corrected chi connectivity index (χ2v) is 5.10. The molecule has 1 N–H and O–H groups in total. The summed E-state index contributed by atoms with van der Waals surface area (Å²) in [5, 5.41) is 7.76. The molecule has 0 aromatic carbocycles. The van der Waals surface area contributed by atoms with Gasteiger partial charge in [0, 0.05) is 25.9 Å². The average Bonchev–Trinajstić information content (AvgIpc) is 2.87. The first-order chi connectivity index (χ1) is 7.79. The van der Waals surface area contributed by atoms with Crippen LogP contribution in [0.2, 0.25) is 0 Å². The molecule has 1 aliphatic rings. The summed E-state index contributed by atoms with van der Waals surface area (Å²) in [7, 11) is 1.80. The Balaban J connectivity index is 1.71. The van der Waals surface area contributed by atoms with Gasteiger partial charge in [-0.15, -0.1) is 0 Å². The third-order valence-electron chi connectivity index (χ3n) is 3.10. The molecule has 1 saturated carbocycles. The summed E-state index contributed by atoms with van der Waals surface area (Å²) in [4.78, 5) is 0. The molecule has 0 saturated heterocycles. The Morgan fingerprint density at radius 1 is 1.62 bits per heavy atom. The van der Waals surface area contributed by atoms with Gasteiger partial charge in [0.05, 0.1) is 23.3 Å². The van der Waals surface area contributed by atoms with Gasteiger partial charge in [0.2, 0.25) is 0 Å². The molecule has 2 unspecified atom stereocenters. The Kier molecular flexibility index (Phi) is 4.37. The Labute approximate surface area is 104 Å². The number of halogens is 1. The zero-order chi connectivity index (χ0) is 11.4. The fourth-order valence-electron chi connectivity index (χ4n) is 2.27. The number of rotatable bonds is 5. The van der Waals surface area contributed by atoms with Crippen LogP contribution in [0.25, 0.3) is 0 Å². The highest BCUT2D eigenvalue weighted by Gasteiger charge is 2.26. The van der Waals surface area contributed by atoms with Gasteiger partial charge in [-0.2, -0.15) is 5.10 Å². The fraction of sp³-hybridized carbons (Fsp3) is 0.727. The topological polar surface area (TPSA) is 39.1 Å². The maximum Gasteiger partial charge on any atom is 0.0724 e. The molecule has 16 heavy (non-hydrogen) atoms. The van der Waals surface area contributed by atoms with Crippen molar-refractivity contribution in [2.45, 2.75) is 38.0 Å². The van der Waals surface area contributed by atoms with Gasteiger partial charge < -0.3 is 10.1 Å². The summed E-state index contributed by atoms with van der Waals surface area (Å²) >= 11 is 3.39. The molecule has 0 bridgehead atoms. The molecule has 1 fully saturated rings. The monoisotopic (exact) mass is 287 g/mol. The van der Waals surface area contributed by atoms with Crippen molar-refractivity contribution in [3.8, 4) is 0 Å². The maximum atomic E-state index is 5.44. The lowest BCUT2D eigenvalue weighted by atomic mass is 10.2. The third kappa shape index (κ3) is 3.06. The van der Waals surface area contributed by atoms with Crippen LogP contribution in [0.4, 0.5) is 0 Å². The molecule has 4 nitrogen and oxygen atoms in total. The Hall–Kier alpha value is -0.390. The number of ether oxygens (including phenoxy) is 1. The standard InChI is InChI=1S/C11H18BrN3O/c1-16-11-4-2-3-10(11)13-5-6-15-8-9(12)7-14-15/h7-8,10-11,13H,2-6H2,1H3. The summed E-state index contributed by atoms with van der Waals surface area (Å²) in [6, 6.07) is 0.518. The molecule has 0 radical (unpaired) electrons. The molecule has 1 aromatic rings. The second kappa shape index (κ2) is 5.80. The zero-order valence-electron chi connectivity index (χ0n) is 9.53. The quantitative estimate of drug-likeness (QED) is 0.898. The average molecular weight is 288 g/mol. The van der Waals surface area contributed by atoms with Crippen molar-refractivity contribution in [3.05, 3.63) is 16.9 Å². The number of aromatic nitrogens is 2. The van der Waals surface area contributed by atoms with Crippen LogP contribution in [-0.4, -0.2) is 35.6 Å². The number of hydrogen-bond acceptors (Lipinski definition) is 3. The van der Waals surface area contributed by atoms with Gasteiger partial charge in [0.15, 0.2) is 0 Å². The van der Waals surface area contributed by atoms with E-state index in [1.165, 1.54) is 19.3 Å². The SMILES string of the molecule is COC1CCCC1NCCn1cc(Br)cn1. The van der Waals surface area contributed by atoms with E-state index in [1.54, 1.807) is 7.11 Å². The number of hydrogen-bond donors (Lipinski definition) is 1. The third-order valence-corrected chi connectivity index (χ3v) is 3.51. The molecule has 1 heterocycles. The lowest BCUT2D eigenvalue weighted by Crippen LogP contribution is -2.38. The van der Waals surface area contributed by atoms with Crippen LogP contribution < -0.4 is 5.32 Å². The summed E-state index contributed by atoms with van der Waals surface area (Å²) in [6.45, 7) is 1.84. The van der Waals surface area contributed by atoms with Crippen LogP contribution in [0.5, 0.6) is 0 Å². The largest absolute Gasteiger partial charge is 0.380 e. The molecule has 0 aliphatic heterocycles. The molecule has 5 heteroatoms. The second-order valence-electron chi connectivity index (χ2n) is 4.19. The number of nitrogens with zero attached hydrogens (tertiary/aromatic N) is 2. The summed E-state index contributed by atoms with van der Waals surface area (Å²) in [5.41, 5.74) is 0. The first-order valence-electron chi connectivity index (χ1n) is 5.73. The lowest BCUT2D eigenvalue weighted by Gasteiger charge is -2.19. The van der Waals surface area contributed by atoms with E-state index in [0.29, 0.717) is 12.1 Å². The minimum Gasteiger partial charge on any atom is -0.380 e. The van der Waals surface area contributed by atoms with Crippen molar-refractivity contribution < 1.29 is 4.74 Å². The number of methoxy groups -OCH3 is 1. The van der Waals surface area contributed by atoms with Crippen LogP contribution >= 0.6 is 15.9 Å². The van der Waals surface area contributed by atoms with Gasteiger partial charge in [-0.1, -0.05) is 0 Å². The van der Waals surface area contributed by atoms with Gasteiger partial charge >= 0.3 is 0 Å². The summed E-state index contributed by atoms with van der Waals surface area (Å²) in [6.07, 6.45) is 7.87. The van der Waals surface area contributed by atoms with E-state index >= 15 is 0 Å². The van der Waals surface area contributed by atoms with E-state index in [4.69, 9.17) is 4.74 Å². The van der Waals surface area contributed by atoms with Gasteiger partial charge in [0.1, 0.15) is 0 Å². The zero-order valence-corrected chi connectivity index (χ0v) is 11.1. The van der Waals surface area contributed by atoms with Crippen molar-refractivity contribution in [3.63, 3.8) is 0 Å². The molecule has 2 atom stereocenters. The molecular weight excluding hydrogens is 270 g/mol. The van der Waals surface area contributed by atoms with Crippen molar-refractivity contribution >= 4 is 15.9 Å². The van der Waals surface area contributed by atoms with E-state index < -0.39 is 0 Å². The first-order valence-corrected chi connectivity index (χ1v) is 6.53. The lowest BCUT2D eigenvalue weighted by molar-refractivity contribution is 0.0849. The minimum absolute atomic E-state index is 0.393. The van der Waals surface area contributed by atoms with Crippen LogP contribution in [0.3, 0.4) is 0 Å². The molecule has 1 aromatic heterocycles. The van der Waals surface area contributed by atoms with Crippen molar-refractivity contribution in [1.82, 2.24) is 15.1 Å². The maximum absolute atomic E-state index is 5.44. The van der Waals surface area contributed by atoms with E-state index in [1.807, 2.05) is 17.1 Å². The highest BCUT2D eigenvalue weighted by atomic mass is 79.9. The smallest absolute Gasteiger partial charge is 0.0724 e. The highest BCUT2D eigenvalue weighted by molar-refractivity contribution is 9.10. The molecule has 1 aliphatic carbocycles. The predicted octanol–water partition coefficient (Wildman–Crippen LogP) is 1.80. The van der Waals surface area contributed by atoms with Gasteiger partial charge in [0.25, 0.3) is 0 Å². The van der Waals surface area contributed by atoms with E-state index in [9.17, 15) is 0 Å². The Bertz CT molecular complexity index is 329. The van der Waals surface area contributed by atoms with Crippen LogP contribution in [-0.2, 0) is 11.3 Å². The normalized spacial score (nSPS) is 25.1.